The lowest BCUT2D eigenvalue weighted by molar-refractivity contribution is -0.577. The van der Waals surface area contributed by atoms with Crippen LogP contribution in [-0.4, -0.2) is 35.4 Å². The first-order valence-corrected chi connectivity index (χ1v) is 8.18. The molecule has 2 fully saturated rings. The van der Waals surface area contributed by atoms with Crippen molar-refractivity contribution in [1.82, 2.24) is 16.0 Å². The minimum atomic E-state index is -1.59. The van der Waals surface area contributed by atoms with E-state index in [1.54, 1.807) is 0 Å². The zero-order valence-corrected chi connectivity index (χ0v) is 14.0. The number of quaternary nitrogens is 1. The van der Waals surface area contributed by atoms with Gasteiger partial charge in [0.25, 0.3) is 11.8 Å². The average Bonchev–Trinajstić information content (AvgIpc) is 2.83. The van der Waals surface area contributed by atoms with Crippen molar-refractivity contribution >= 4 is 35.5 Å². The Bertz CT molecular complexity index is 855. The van der Waals surface area contributed by atoms with Crippen molar-refractivity contribution in [3.05, 3.63) is 29.8 Å². The van der Waals surface area contributed by atoms with E-state index in [2.05, 4.69) is 21.1 Å². The highest BCUT2D eigenvalue weighted by atomic mass is 19.2. The second-order valence-electron chi connectivity index (χ2n) is 6.26. The lowest BCUT2D eigenvalue weighted by atomic mass is 9.75. The average molecular weight is 379 g/mol. The summed E-state index contributed by atoms with van der Waals surface area (Å²) in [4.78, 5) is 36.3. The van der Waals surface area contributed by atoms with Gasteiger partial charge in [-0.25, -0.2) is 13.6 Å². The summed E-state index contributed by atoms with van der Waals surface area (Å²) >= 11 is 0. The lowest BCUT2D eigenvalue weighted by Gasteiger charge is -2.40. The topological polar surface area (TPSA) is 140 Å². The van der Waals surface area contributed by atoms with E-state index < -0.39 is 35.1 Å². The van der Waals surface area contributed by atoms with Gasteiger partial charge < -0.3 is 16.0 Å². The van der Waals surface area contributed by atoms with Crippen molar-refractivity contribution in [1.29, 1.82) is 5.41 Å². The van der Waals surface area contributed by atoms with Gasteiger partial charge in [0.2, 0.25) is 5.71 Å². The molecule has 1 aliphatic heterocycles. The van der Waals surface area contributed by atoms with E-state index in [0.29, 0.717) is 19.1 Å². The van der Waals surface area contributed by atoms with Crippen LogP contribution >= 0.6 is 0 Å². The molecule has 1 aliphatic carbocycles. The molecule has 0 aromatic heterocycles. The van der Waals surface area contributed by atoms with Gasteiger partial charge in [0, 0.05) is 18.1 Å². The van der Waals surface area contributed by atoms with Crippen LogP contribution in [0.3, 0.4) is 0 Å². The van der Waals surface area contributed by atoms with Crippen LogP contribution in [0.1, 0.15) is 19.3 Å². The fourth-order valence-electron chi connectivity index (χ4n) is 2.93. The molecule has 142 valence electrons. The monoisotopic (exact) mass is 379 g/mol. The third-order valence-corrected chi connectivity index (χ3v) is 4.59. The minimum absolute atomic E-state index is 0.182. The van der Waals surface area contributed by atoms with Crippen molar-refractivity contribution in [2.45, 2.75) is 24.9 Å². The molecule has 1 saturated carbocycles. The highest BCUT2D eigenvalue weighted by Crippen LogP contribution is 2.36. The van der Waals surface area contributed by atoms with Gasteiger partial charge in [0.05, 0.1) is 6.21 Å². The van der Waals surface area contributed by atoms with Crippen molar-refractivity contribution in [2.75, 3.05) is 0 Å². The van der Waals surface area contributed by atoms with Crippen LogP contribution in [0.5, 0.6) is 0 Å². The zero-order valence-electron chi connectivity index (χ0n) is 14.0. The van der Waals surface area contributed by atoms with Crippen molar-refractivity contribution in [3.8, 4) is 0 Å². The van der Waals surface area contributed by atoms with Gasteiger partial charge in [0.15, 0.2) is 23.0 Å². The van der Waals surface area contributed by atoms with E-state index in [-0.39, 0.29) is 17.3 Å². The van der Waals surface area contributed by atoms with Crippen molar-refractivity contribution < 1.29 is 28.6 Å². The first-order chi connectivity index (χ1) is 12.9. The number of carbonyl (C=O) groups is 3. The SMILES string of the molecule is N=C/C(=N\[NH2+]c1ccc(F)c(F)c1)C(=O)NC1(C2CCC2)NC(=O)NC1=O. The summed E-state index contributed by atoms with van der Waals surface area (Å²) in [5, 5.41) is 18.2. The molecule has 9 nitrogen and oxygen atoms in total. The third kappa shape index (κ3) is 3.53. The Kier molecular flexibility index (Phi) is 4.95. The second-order valence-corrected chi connectivity index (χ2v) is 6.26. The summed E-state index contributed by atoms with van der Waals surface area (Å²) in [6, 6.07) is 2.33. The first-order valence-electron chi connectivity index (χ1n) is 8.18. The standard InChI is InChI=1S/C16H16F2N6O3/c17-10-5-4-9(6-11(10)18)23-24-12(7-19)13(25)21-16(8-2-1-3-8)14(26)20-15(27)22-16/h4-8,19,23H,1-3H2,(H,21,25)(H2,20,22,26,27)/p+1/b19-7?,24-12+. The van der Waals surface area contributed by atoms with Crippen LogP contribution in [0.25, 0.3) is 0 Å². The number of nitrogens with one attached hydrogen (secondary N) is 4. The number of imide groups is 1. The number of nitrogens with two attached hydrogens (primary N) is 1. The maximum absolute atomic E-state index is 13.2. The summed E-state index contributed by atoms with van der Waals surface area (Å²) < 4.78 is 26.2. The molecule has 1 heterocycles. The van der Waals surface area contributed by atoms with Crippen LogP contribution < -0.4 is 21.4 Å². The largest absolute Gasteiger partial charge is 0.323 e. The van der Waals surface area contributed by atoms with Crippen molar-refractivity contribution in [2.24, 2.45) is 11.0 Å². The van der Waals surface area contributed by atoms with Gasteiger partial charge >= 0.3 is 6.03 Å². The number of carbonyl (C=O) groups excluding carboxylic acids is 3. The van der Waals surface area contributed by atoms with Gasteiger partial charge in [-0.2, -0.15) is 5.43 Å². The Morgan fingerprint density at radius 1 is 1.33 bits per heavy atom. The third-order valence-electron chi connectivity index (χ3n) is 4.59. The van der Waals surface area contributed by atoms with E-state index in [9.17, 15) is 23.2 Å². The maximum atomic E-state index is 13.2. The number of nitrogens with zero attached hydrogens (tertiary/aromatic N) is 1. The number of halogens is 2. The molecule has 1 atom stereocenters. The highest BCUT2D eigenvalue weighted by molar-refractivity contribution is 6.60. The Labute approximate surface area is 152 Å². The normalized spacial score (nSPS) is 22.7. The molecule has 11 heteroatoms. The molecule has 6 N–H and O–H groups in total. The van der Waals surface area contributed by atoms with Crippen LogP contribution in [0.15, 0.2) is 23.3 Å². The van der Waals surface area contributed by atoms with E-state index in [0.717, 1.165) is 24.0 Å². The zero-order chi connectivity index (χ0) is 19.6. The Hall–Kier alpha value is -3.21. The number of hydrogen-bond acceptors (Lipinski definition) is 5. The fourth-order valence-corrected chi connectivity index (χ4v) is 2.93. The molecule has 1 saturated heterocycles. The molecular formula is C16H17F2N6O3+. The quantitative estimate of drug-likeness (QED) is 0.151. The summed E-state index contributed by atoms with van der Waals surface area (Å²) in [7, 11) is 0. The van der Waals surface area contributed by atoms with E-state index >= 15 is 0 Å². The summed E-state index contributed by atoms with van der Waals surface area (Å²) in [5.41, 5.74) is -0.682. The molecule has 27 heavy (non-hydrogen) atoms. The maximum Gasteiger partial charge on any atom is 0.323 e. The highest BCUT2D eigenvalue weighted by Gasteiger charge is 2.55. The van der Waals surface area contributed by atoms with Crippen molar-refractivity contribution in [3.63, 3.8) is 0 Å². The molecule has 3 rings (SSSR count). The van der Waals surface area contributed by atoms with Gasteiger partial charge in [-0.05, 0) is 18.9 Å². The van der Waals surface area contributed by atoms with Crippen LogP contribution in [0.2, 0.25) is 0 Å². The first kappa shape index (κ1) is 18.6. The Morgan fingerprint density at radius 2 is 2.07 bits per heavy atom. The predicted octanol–water partition coefficient (Wildman–Crippen LogP) is -0.383. The molecule has 0 spiro atoms. The molecule has 1 aromatic rings. The molecule has 4 amide bonds. The fraction of sp³-hybridized carbons (Fsp3) is 0.312. The molecule has 1 aromatic carbocycles. The number of benzene rings is 1. The molecule has 0 bridgehead atoms. The minimum Gasteiger partial charge on any atom is -0.319 e. The van der Waals surface area contributed by atoms with Gasteiger partial charge in [-0.1, -0.05) is 11.5 Å². The number of rotatable bonds is 6. The Balaban J connectivity index is 1.77. The summed E-state index contributed by atoms with van der Waals surface area (Å²) in [5.74, 6) is -3.89. The van der Waals surface area contributed by atoms with Gasteiger partial charge in [-0.3, -0.25) is 14.9 Å². The number of amides is 4. The number of urea groups is 1. The molecule has 1 unspecified atom stereocenters. The number of hydrogen-bond donors (Lipinski definition) is 5. The Morgan fingerprint density at radius 3 is 2.59 bits per heavy atom. The summed E-state index contributed by atoms with van der Waals surface area (Å²) in [6.45, 7) is 0. The van der Waals surface area contributed by atoms with Crippen LogP contribution in [0.4, 0.5) is 19.3 Å². The van der Waals surface area contributed by atoms with Crippen LogP contribution in [0, 0.1) is 23.0 Å². The molecule has 2 aliphatic rings. The van der Waals surface area contributed by atoms with Gasteiger partial charge in [-0.15, -0.1) is 0 Å². The molecule has 0 radical (unpaired) electrons. The predicted molar refractivity (Wildman–Crippen MR) is 89.1 cm³/mol. The van der Waals surface area contributed by atoms with Crippen LogP contribution in [-0.2, 0) is 9.59 Å². The van der Waals surface area contributed by atoms with Gasteiger partial charge in [0.1, 0.15) is 0 Å². The summed E-state index contributed by atoms with van der Waals surface area (Å²) in [6.07, 6.45) is 2.81. The lowest BCUT2D eigenvalue weighted by Crippen LogP contribution is -2.73. The molecular weight excluding hydrogens is 362 g/mol. The smallest absolute Gasteiger partial charge is 0.319 e. The van der Waals surface area contributed by atoms with E-state index in [1.807, 2.05) is 0 Å². The van der Waals surface area contributed by atoms with E-state index in [4.69, 9.17) is 5.41 Å². The van der Waals surface area contributed by atoms with E-state index in [1.165, 1.54) is 6.07 Å². The second kappa shape index (κ2) is 7.19.